The Morgan fingerprint density at radius 1 is 0.362 bits per heavy atom. The normalized spacial score (nSPS) is 12.4. The third-order valence-corrected chi connectivity index (χ3v) is 11.1. The number of hydrogen-bond donors (Lipinski definition) is 0. The highest BCUT2D eigenvalue weighted by atomic mass is 16.3. The molecule has 11 aromatic rings. The van der Waals surface area contributed by atoms with Crippen LogP contribution in [0.3, 0.4) is 0 Å². The van der Waals surface area contributed by atoms with Gasteiger partial charge in [0.05, 0.1) is 11.2 Å². The first-order chi connectivity index (χ1) is 30.4. The van der Waals surface area contributed by atoms with Crippen LogP contribution in [0.1, 0.15) is 5.48 Å². The average Bonchev–Trinajstić information content (AvgIpc) is 3.73. The Morgan fingerprint density at radius 2 is 0.948 bits per heavy atom. The van der Waals surface area contributed by atoms with Gasteiger partial charge in [-0.2, -0.15) is 0 Å². The minimum Gasteiger partial charge on any atom is -0.455 e. The largest absolute Gasteiger partial charge is 0.455 e. The molecule has 10 aromatic carbocycles. The number of rotatable bonds is 7. The molecule has 2 nitrogen and oxygen atoms in total. The van der Waals surface area contributed by atoms with Gasteiger partial charge in [-0.3, -0.25) is 0 Å². The number of nitrogens with zero attached hydrogens (tertiary/aromatic N) is 1. The quantitative estimate of drug-likeness (QED) is 0.162. The van der Waals surface area contributed by atoms with Crippen molar-refractivity contribution in [2.75, 3.05) is 4.90 Å². The Balaban J connectivity index is 1.15. The molecule has 1 aromatic heterocycles. The van der Waals surface area contributed by atoms with Gasteiger partial charge in [-0.1, -0.05) is 182 Å². The Bertz CT molecular complexity index is 3490. The highest BCUT2D eigenvalue weighted by Gasteiger charge is 2.21. The summed E-state index contributed by atoms with van der Waals surface area (Å²) in [6, 6.07) is 66.5. The number of furan rings is 1. The standard InChI is InChI=1S/C56H37NO/c1-2-13-38(14-3-1)39-27-29-40(30-28-39)41-31-34-45(35-32-41)57(46-19-10-18-44(37-46)48-23-11-17-42-15-4-6-20-47(42)48)53-25-9-8-22-50(53)51-24-12-26-54-55(51)52-36-33-43-16-5-7-21-49(43)56(52)58-54/h1-37H/i31D,32D,34D,35D. The van der Waals surface area contributed by atoms with Crippen LogP contribution in [-0.2, 0) is 0 Å². The number of para-hydroxylation sites is 1. The van der Waals surface area contributed by atoms with E-state index in [1.165, 1.54) is 0 Å². The van der Waals surface area contributed by atoms with Crippen molar-refractivity contribution in [2.45, 2.75) is 0 Å². The highest BCUT2D eigenvalue weighted by molar-refractivity contribution is 6.19. The Hall–Kier alpha value is -7.68. The van der Waals surface area contributed by atoms with Gasteiger partial charge in [0.15, 0.2) is 0 Å². The molecule has 58 heavy (non-hydrogen) atoms. The van der Waals surface area contributed by atoms with E-state index in [-0.39, 0.29) is 35.4 Å². The molecule has 0 unspecified atom stereocenters. The van der Waals surface area contributed by atoms with Crippen molar-refractivity contribution in [3.63, 3.8) is 0 Å². The summed E-state index contributed by atoms with van der Waals surface area (Å²) < 4.78 is 45.3. The SMILES string of the molecule is [2H]c1c([2H])c(N(c2cccc(-c3cccc4ccccc34)c2)c2ccccc2-c2cccc3oc4c5ccccc5ccc4c23)c([2H])c([2H])c1-c1ccc(-c2ccccc2)cc1. The van der Waals surface area contributed by atoms with Gasteiger partial charge in [-0.05, 0) is 97.5 Å². The molecule has 0 aliphatic carbocycles. The maximum atomic E-state index is 9.77. The van der Waals surface area contributed by atoms with E-state index in [9.17, 15) is 5.48 Å². The molecule has 0 bridgehead atoms. The summed E-state index contributed by atoms with van der Waals surface area (Å²) in [4.78, 5) is 1.91. The van der Waals surface area contributed by atoms with Crippen LogP contribution in [0.15, 0.2) is 229 Å². The number of fused-ring (bicyclic) bond motifs is 6. The second kappa shape index (κ2) is 14.1. The molecular weight excluding hydrogens is 703 g/mol. The molecule has 0 fully saturated rings. The van der Waals surface area contributed by atoms with Gasteiger partial charge in [-0.25, -0.2) is 0 Å². The Labute approximate surface area is 343 Å². The summed E-state index contributed by atoms with van der Waals surface area (Å²) in [5.41, 5.74) is 9.82. The molecule has 0 spiro atoms. The zero-order valence-corrected chi connectivity index (χ0v) is 31.4. The first-order valence-corrected chi connectivity index (χ1v) is 19.5. The molecule has 272 valence electrons. The van der Waals surface area contributed by atoms with Crippen LogP contribution in [0.2, 0.25) is 0 Å². The number of hydrogen-bond acceptors (Lipinski definition) is 2. The third-order valence-electron chi connectivity index (χ3n) is 11.1. The van der Waals surface area contributed by atoms with Crippen LogP contribution in [0.5, 0.6) is 0 Å². The second-order valence-corrected chi connectivity index (χ2v) is 14.5. The zero-order valence-electron chi connectivity index (χ0n) is 35.4. The summed E-state index contributed by atoms with van der Waals surface area (Å²) in [5.74, 6) is 0. The number of benzene rings is 10. The smallest absolute Gasteiger partial charge is 0.143 e. The minimum absolute atomic E-state index is 0.115. The maximum absolute atomic E-state index is 9.77. The van der Waals surface area contributed by atoms with Gasteiger partial charge in [0.2, 0.25) is 0 Å². The van der Waals surface area contributed by atoms with E-state index in [1.807, 2.05) is 126 Å². The van der Waals surface area contributed by atoms with Crippen LogP contribution < -0.4 is 4.90 Å². The Morgan fingerprint density at radius 3 is 1.78 bits per heavy atom. The van der Waals surface area contributed by atoms with Crippen LogP contribution in [-0.4, -0.2) is 0 Å². The Kier molecular flexibility index (Phi) is 7.20. The predicted octanol–water partition coefficient (Wildman–Crippen LogP) is 16.0. The summed E-state index contributed by atoms with van der Waals surface area (Å²) in [6.07, 6.45) is 0. The van der Waals surface area contributed by atoms with E-state index < -0.39 is 0 Å². The van der Waals surface area contributed by atoms with Gasteiger partial charge in [0, 0.05) is 33.1 Å². The van der Waals surface area contributed by atoms with Gasteiger partial charge in [-0.15, -0.1) is 0 Å². The minimum atomic E-state index is -0.142. The van der Waals surface area contributed by atoms with Crippen LogP contribution >= 0.6 is 0 Å². The molecule has 0 N–H and O–H groups in total. The van der Waals surface area contributed by atoms with Crippen LogP contribution in [0.4, 0.5) is 17.1 Å². The van der Waals surface area contributed by atoms with Crippen LogP contribution in [0.25, 0.3) is 88.0 Å². The summed E-state index contributed by atoms with van der Waals surface area (Å²) in [6.45, 7) is 0. The third kappa shape index (κ3) is 5.82. The lowest BCUT2D eigenvalue weighted by molar-refractivity contribution is 0.673. The zero-order chi connectivity index (χ0) is 41.9. The van der Waals surface area contributed by atoms with Crippen molar-refractivity contribution < 1.29 is 9.90 Å². The van der Waals surface area contributed by atoms with Gasteiger partial charge >= 0.3 is 0 Å². The lowest BCUT2D eigenvalue weighted by Crippen LogP contribution is -2.11. The van der Waals surface area contributed by atoms with Crippen molar-refractivity contribution in [2.24, 2.45) is 0 Å². The molecule has 0 saturated heterocycles. The fourth-order valence-corrected chi connectivity index (χ4v) is 8.37. The second-order valence-electron chi connectivity index (χ2n) is 14.5. The monoisotopic (exact) mass is 743 g/mol. The molecule has 0 radical (unpaired) electrons. The van der Waals surface area contributed by atoms with E-state index in [4.69, 9.17) is 4.42 Å². The van der Waals surface area contributed by atoms with Gasteiger partial charge in [0.25, 0.3) is 0 Å². The number of anilines is 3. The fourth-order valence-electron chi connectivity index (χ4n) is 8.37. The molecule has 0 aliphatic rings. The van der Waals surface area contributed by atoms with Crippen molar-refractivity contribution >= 4 is 60.5 Å². The molecule has 0 saturated carbocycles. The highest BCUT2D eigenvalue weighted by Crippen LogP contribution is 2.46. The summed E-state index contributed by atoms with van der Waals surface area (Å²) in [7, 11) is 0. The van der Waals surface area contributed by atoms with Gasteiger partial charge < -0.3 is 9.32 Å². The lowest BCUT2D eigenvalue weighted by atomic mass is 9.95. The molecule has 11 rings (SSSR count). The van der Waals surface area contributed by atoms with E-state index in [1.54, 1.807) is 0 Å². The molecule has 0 amide bonds. The molecule has 0 atom stereocenters. The predicted molar refractivity (Wildman–Crippen MR) is 245 cm³/mol. The molecular formula is C56H37NO. The van der Waals surface area contributed by atoms with Gasteiger partial charge in [0.1, 0.15) is 11.2 Å². The van der Waals surface area contributed by atoms with E-state index in [0.717, 1.165) is 76.9 Å². The van der Waals surface area contributed by atoms with Crippen molar-refractivity contribution in [3.05, 3.63) is 224 Å². The van der Waals surface area contributed by atoms with Crippen molar-refractivity contribution in [1.82, 2.24) is 0 Å². The van der Waals surface area contributed by atoms with E-state index in [2.05, 4.69) is 78.9 Å². The first-order valence-electron chi connectivity index (χ1n) is 21.5. The van der Waals surface area contributed by atoms with E-state index in [0.29, 0.717) is 16.9 Å². The maximum Gasteiger partial charge on any atom is 0.143 e. The first kappa shape index (κ1) is 29.6. The topological polar surface area (TPSA) is 16.4 Å². The van der Waals surface area contributed by atoms with Crippen molar-refractivity contribution in [1.29, 1.82) is 0 Å². The lowest BCUT2D eigenvalue weighted by Gasteiger charge is -2.28. The summed E-state index contributed by atoms with van der Waals surface area (Å²) >= 11 is 0. The van der Waals surface area contributed by atoms with Crippen molar-refractivity contribution in [3.8, 4) is 44.5 Å². The molecule has 0 aliphatic heterocycles. The molecule has 1 heterocycles. The summed E-state index contributed by atoms with van der Waals surface area (Å²) in [5, 5.41) is 6.30. The molecule has 2 heteroatoms. The average molecular weight is 744 g/mol. The fraction of sp³-hybridized carbons (Fsp3) is 0. The van der Waals surface area contributed by atoms with E-state index >= 15 is 0 Å². The van der Waals surface area contributed by atoms with Crippen LogP contribution in [0, 0.1) is 0 Å².